The van der Waals surface area contributed by atoms with Gasteiger partial charge in [-0.05, 0) is 36.8 Å². The van der Waals surface area contributed by atoms with Crippen molar-refractivity contribution in [2.75, 3.05) is 39.8 Å². The minimum absolute atomic E-state index is 0. The predicted octanol–water partition coefficient (Wildman–Crippen LogP) is 3.51. The second-order valence-electron chi connectivity index (χ2n) is 6.29. The van der Waals surface area contributed by atoms with E-state index < -0.39 is 0 Å². The van der Waals surface area contributed by atoms with E-state index in [0.717, 1.165) is 29.6 Å². The Kier molecular flexibility index (Phi) is 10.5. The van der Waals surface area contributed by atoms with Crippen LogP contribution in [0.1, 0.15) is 12.5 Å². The van der Waals surface area contributed by atoms with Crippen molar-refractivity contribution in [2.24, 2.45) is 4.99 Å². The largest absolute Gasteiger partial charge is 0.493 e. The van der Waals surface area contributed by atoms with Crippen LogP contribution in [0.4, 0.5) is 5.69 Å². The summed E-state index contributed by atoms with van der Waals surface area (Å²) in [6.07, 6.45) is 0. The summed E-state index contributed by atoms with van der Waals surface area (Å²) in [5.74, 6) is 2.21. The molecule has 7 heteroatoms. The molecule has 0 bridgehead atoms. The summed E-state index contributed by atoms with van der Waals surface area (Å²) in [6, 6.07) is 16.5. The van der Waals surface area contributed by atoms with E-state index >= 15 is 0 Å². The minimum atomic E-state index is 0. The van der Waals surface area contributed by atoms with Crippen molar-refractivity contribution in [3.8, 4) is 11.5 Å². The zero-order chi connectivity index (χ0) is 19.6. The number of methoxy groups -OCH3 is 2. The smallest absolute Gasteiger partial charge is 0.191 e. The molecule has 0 aliphatic rings. The molecule has 28 heavy (non-hydrogen) atoms. The van der Waals surface area contributed by atoms with E-state index in [1.165, 1.54) is 5.69 Å². The number of para-hydroxylation sites is 1. The number of likely N-dealkylation sites (N-methyl/N-ethyl adjacent to an activating group) is 1. The number of nitrogens with one attached hydrogen (secondary N) is 2. The number of guanidine groups is 1. The van der Waals surface area contributed by atoms with E-state index in [1.54, 1.807) is 21.3 Å². The molecule has 2 N–H and O–H groups in total. The van der Waals surface area contributed by atoms with Crippen molar-refractivity contribution in [1.82, 2.24) is 10.6 Å². The van der Waals surface area contributed by atoms with E-state index in [0.29, 0.717) is 12.6 Å². The SMILES string of the molecule is CN=C(NCc1ccc(OC)c(OC)c1)NCC(C)N(C)c1ccccc1.I. The Morgan fingerprint density at radius 3 is 2.32 bits per heavy atom. The van der Waals surface area contributed by atoms with Gasteiger partial charge in [-0.2, -0.15) is 0 Å². The fourth-order valence-corrected chi connectivity index (χ4v) is 2.70. The quantitative estimate of drug-likeness (QED) is 0.332. The van der Waals surface area contributed by atoms with E-state index in [1.807, 2.05) is 24.3 Å². The molecule has 0 saturated heterocycles. The van der Waals surface area contributed by atoms with Crippen LogP contribution >= 0.6 is 24.0 Å². The summed E-state index contributed by atoms with van der Waals surface area (Å²) in [5.41, 5.74) is 2.28. The highest BCUT2D eigenvalue weighted by atomic mass is 127. The van der Waals surface area contributed by atoms with E-state index in [-0.39, 0.29) is 24.0 Å². The Hall–Kier alpha value is -2.16. The molecule has 0 spiro atoms. The number of rotatable bonds is 8. The number of halogens is 1. The Balaban J connectivity index is 0.00000392. The molecular formula is C21H31IN4O2. The maximum Gasteiger partial charge on any atom is 0.191 e. The first kappa shape index (κ1) is 23.9. The predicted molar refractivity (Wildman–Crippen MR) is 127 cm³/mol. The van der Waals surface area contributed by atoms with Crippen LogP contribution in [-0.2, 0) is 6.54 Å². The van der Waals surface area contributed by atoms with E-state index in [2.05, 4.69) is 58.8 Å². The van der Waals surface area contributed by atoms with Crippen molar-refractivity contribution in [1.29, 1.82) is 0 Å². The number of benzene rings is 2. The molecule has 0 aliphatic heterocycles. The number of aliphatic imine (C=N–C) groups is 1. The summed E-state index contributed by atoms with van der Waals surface area (Å²) in [5, 5.41) is 6.72. The first-order valence-corrected chi connectivity index (χ1v) is 9.02. The molecule has 0 aliphatic carbocycles. The van der Waals surface area contributed by atoms with Gasteiger partial charge in [0.25, 0.3) is 0 Å². The third kappa shape index (κ3) is 6.78. The Morgan fingerprint density at radius 1 is 1.04 bits per heavy atom. The fourth-order valence-electron chi connectivity index (χ4n) is 2.70. The van der Waals surface area contributed by atoms with Gasteiger partial charge in [0.15, 0.2) is 17.5 Å². The Labute approximate surface area is 185 Å². The number of nitrogens with zero attached hydrogens (tertiary/aromatic N) is 2. The Morgan fingerprint density at radius 2 is 1.71 bits per heavy atom. The maximum atomic E-state index is 5.35. The third-order valence-electron chi connectivity index (χ3n) is 4.52. The lowest BCUT2D eigenvalue weighted by molar-refractivity contribution is 0.354. The first-order valence-electron chi connectivity index (χ1n) is 9.02. The highest BCUT2D eigenvalue weighted by Gasteiger charge is 2.11. The number of hydrogen-bond acceptors (Lipinski definition) is 4. The van der Waals surface area contributed by atoms with Gasteiger partial charge in [-0.25, -0.2) is 0 Å². The van der Waals surface area contributed by atoms with Gasteiger partial charge in [-0.1, -0.05) is 24.3 Å². The van der Waals surface area contributed by atoms with Crippen molar-refractivity contribution < 1.29 is 9.47 Å². The molecule has 2 aromatic rings. The topological polar surface area (TPSA) is 58.1 Å². The lowest BCUT2D eigenvalue weighted by Gasteiger charge is -2.27. The second kappa shape index (κ2) is 12.3. The van der Waals surface area contributed by atoms with Crippen LogP contribution in [0.15, 0.2) is 53.5 Å². The van der Waals surface area contributed by atoms with Crippen LogP contribution in [-0.4, -0.2) is 46.9 Å². The number of ether oxygens (including phenoxy) is 2. The molecule has 0 radical (unpaired) electrons. The van der Waals surface area contributed by atoms with Gasteiger partial charge in [-0.15, -0.1) is 24.0 Å². The lowest BCUT2D eigenvalue weighted by Crippen LogP contribution is -2.44. The van der Waals surface area contributed by atoms with Gasteiger partial charge < -0.3 is 25.0 Å². The number of hydrogen-bond donors (Lipinski definition) is 2. The van der Waals surface area contributed by atoms with E-state index in [9.17, 15) is 0 Å². The lowest BCUT2D eigenvalue weighted by atomic mass is 10.2. The summed E-state index contributed by atoms with van der Waals surface area (Å²) < 4.78 is 10.6. The second-order valence-corrected chi connectivity index (χ2v) is 6.29. The average molecular weight is 498 g/mol. The van der Waals surface area contributed by atoms with Crippen molar-refractivity contribution in [3.63, 3.8) is 0 Å². The molecule has 0 amide bonds. The standard InChI is InChI=1S/C21H30N4O2.HI/c1-16(25(3)18-9-7-6-8-10-18)14-23-21(22-2)24-15-17-11-12-19(26-4)20(13-17)27-5;/h6-13,16H,14-15H2,1-5H3,(H2,22,23,24);1H. The molecule has 6 nitrogen and oxygen atoms in total. The molecule has 0 heterocycles. The summed E-state index contributed by atoms with van der Waals surface area (Å²) in [7, 11) is 7.15. The van der Waals surface area contributed by atoms with Gasteiger partial charge >= 0.3 is 0 Å². The van der Waals surface area contributed by atoms with Crippen LogP contribution in [0, 0.1) is 0 Å². The van der Waals surface area contributed by atoms with Gasteiger partial charge in [-0.3, -0.25) is 4.99 Å². The third-order valence-corrected chi connectivity index (χ3v) is 4.52. The van der Waals surface area contributed by atoms with Gasteiger partial charge in [0.1, 0.15) is 0 Å². The normalized spacial score (nSPS) is 11.8. The molecule has 2 rings (SSSR count). The van der Waals surface area contributed by atoms with Crippen LogP contribution in [0.5, 0.6) is 11.5 Å². The van der Waals surface area contributed by atoms with Crippen LogP contribution < -0.4 is 25.0 Å². The van der Waals surface area contributed by atoms with Crippen LogP contribution in [0.25, 0.3) is 0 Å². The maximum absolute atomic E-state index is 5.35. The van der Waals surface area contributed by atoms with Crippen LogP contribution in [0.2, 0.25) is 0 Å². The molecule has 0 aromatic heterocycles. The Bertz CT molecular complexity index is 740. The average Bonchev–Trinajstić information content (AvgIpc) is 2.73. The molecule has 0 saturated carbocycles. The number of anilines is 1. The zero-order valence-electron chi connectivity index (χ0n) is 17.2. The fraction of sp³-hybridized carbons (Fsp3) is 0.381. The molecular weight excluding hydrogens is 467 g/mol. The van der Waals surface area contributed by atoms with Crippen molar-refractivity contribution >= 4 is 35.6 Å². The van der Waals surface area contributed by atoms with Crippen molar-refractivity contribution in [2.45, 2.75) is 19.5 Å². The molecule has 1 atom stereocenters. The van der Waals surface area contributed by atoms with Crippen molar-refractivity contribution in [3.05, 3.63) is 54.1 Å². The summed E-state index contributed by atoms with van der Waals surface area (Å²) in [6.45, 7) is 3.60. The molecule has 2 aromatic carbocycles. The minimum Gasteiger partial charge on any atom is -0.493 e. The monoisotopic (exact) mass is 498 g/mol. The first-order chi connectivity index (χ1) is 13.1. The van der Waals surface area contributed by atoms with Gasteiger partial charge in [0.05, 0.1) is 14.2 Å². The zero-order valence-corrected chi connectivity index (χ0v) is 19.6. The van der Waals surface area contributed by atoms with Crippen LogP contribution in [0.3, 0.4) is 0 Å². The summed E-state index contributed by atoms with van der Waals surface area (Å²) >= 11 is 0. The molecule has 1 unspecified atom stereocenters. The molecule has 0 fully saturated rings. The summed E-state index contributed by atoms with van der Waals surface area (Å²) in [4.78, 5) is 6.55. The highest BCUT2D eigenvalue weighted by molar-refractivity contribution is 14.0. The highest BCUT2D eigenvalue weighted by Crippen LogP contribution is 2.27. The van der Waals surface area contributed by atoms with Gasteiger partial charge in [0.2, 0.25) is 0 Å². The van der Waals surface area contributed by atoms with Gasteiger partial charge in [0, 0.05) is 38.9 Å². The van der Waals surface area contributed by atoms with E-state index in [4.69, 9.17) is 9.47 Å². The molecule has 154 valence electrons.